The molecule has 0 bridgehead atoms. The topological polar surface area (TPSA) is 74.6 Å². The lowest BCUT2D eigenvalue weighted by molar-refractivity contribution is -0.138. The second-order valence-electron chi connectivity index (χ2n) is 6.42. The maximum Gasteiger partial charge on any atom is 0.303 e. The molecule has 1 unspecified atom stereocenters. The second kappa shape index (κ2) is 19.0. The van der Waals surface area contributed by atoms with Gasteiger partial charge in [0.05, 0.1) is 0 Å². The summed E-state index contributed by atoms with van der Waals surface area (Å²) in [6.45, 7) is 6.44. The summed E-state index contributed by atoms with van der Waals surface area (Å²) in [5.74, 6) is -0.474. The first kappa shape index (κ1) is 24.2. The molecule has 0 spiro atoms. The third-order valence-electron chi connectivity index (χ3n) is 4.00. The minimum absolute atomic E-state index is 0.292. The van der Waals surface area contributed by atoms with Crippen molar-refractivity contribution in [1.29, 1.82) is 0 Å². The highest BCUT2D eigenvalue weighted by atomic mass is 16.4. The minimum atomic E-state index is -0.711. The Kier molecular flexibility index (Phi) is 20.0. The zero-order valence-electron chi connectivity index (χ0n) is 15.5. The molecule has 4 heteroatoms. The first-order valence-electron chi connectivity index (χ1n) is 9.37. The molecule has 0 aliphatic rings. The second-order valence-corrected chi connectivity index (χ2v) is 6.42. The van der Waals surface area contributed by atoms with E-state index in [4.69, 9.17) is 10.2 Å². The highest BCUT2D eigenvalue weighted by Crippen LogP contribution is 2.14. The molecule has 2 N–H and O–H groups in total. The molecular weight excluding hydrogens is 292 g/mol. The fourth-order valence-electron chi connectivity index (χ4n) is 2.25. The van der Waals surface area contributed by atoms with Crippen LogP contribution < -0.4 is 0 Å². The number of carboxylic acid groups (broad SMARTS) is 2. The molecule has 0 aromatic carbocycles. The van der Waals surface area contributed by atoms with E-state index < -0.39 is 11.9 Å². The summed E-state index contributed by atoms with van der Waals surface area (Å²) in [6.07, 6.45) is 13.9. The summed E-state index contributed by atoms with van der Waals surface area (Å²) < 4.78 is 0. The van der Waals surface area contributed by atoms with Crippen molar-refractivity contribution in [3.05, 3.63) is 0 Å². The third kappa shape index (κ3) is 26.2. The van der Waals surface area contributed by atoms with E-state index in [2.05, 4.69) is 13.8 Å². The van der Waals surface area contributed by atoms with Gasteiger partial charge in [-0.2, -0.15) is 0 Å². The standard InChI is InChI=1S/C15H30O2.C4H8O2/c1-3-14(2)12-10-8-6-4-5-7-9-11-13-15(16)17;1-2-3-4(5)6/h14H,3-13H2,1-2H3,(H,16,17);2-3H2,1H3,(H,5,6). The first-order chi connectivity index (χ1) is 10.9. The fraction of sp³-hybridized carbons (Fsp3) is 0.895. The summed E-state index contributed by atoms with van der Waals surface area (Å²) in [6, 6.07) is 0. The average Bonchev–Trinajstić information content (AvgIpc) is 2.49. The van der Waals surface area contributed by atoms with Gasteiger partial charge in [-0.1, -0.05) is 78.6 Å². The van der Waals surface area contributed by atoms with E-state index in [1.165, 1.54) is 51.4 Å². The van der Waals surface area contributed by atoms with E-state index in [1.807, 2.05) is 6.92 Å². The Balaban J connectivity index is 0. The van der Waals surface area contributed by atoms with Crippen molar-refractivity contribution in [3.8, 4) is 0 Å². The summed E-state index contributed by atoms with van der Waals surface area (Å²) in [5, 5.41) is 16.4. The Bertz CT molecular complexity index is 277. The summed E-state index contributed by atoms with van der Waals surface area (Å²) in [7, 11) is 0. The van der Waals surface area contributed by atoms with Gasteiger partial charge in [0.1, 0.15) is 0 Å². The molecule has 0 aliphatic carbocycles. The molecule has 0 saturated carbocycles. The Morgan fingerprint density at radius 1 is 0.739 bits per heavy atom. The molecule has 1 atom stereocenters. The lowest BCUT2D eigenvalue weighted by atomic mass is 9.99. The van der Waals surface area contributed by atoms with Crippen molar-refractivity contribution < 1.29 is 19.8 Å². The van der Waals surface area contributed by atoms with Crippen LogP contribution >= 0.6 is 0 Å². The summed E-state index contributed by atoms with van der Waals surface area (Å²) in [4.78, 5) is 19.9. The zero-order chi connectivity index (χ0) is 17.9. The molecule has 4 nitrogen and oxygen atoms in total. The molecule has 138 valence electrons. The van der Waals surface area contributed by atoms with Crippen LogP contribution in [0.4, 0.5) is 0 Å². The van der Waals surface area contributed by atoms with Crippen LogP contribution in [0.15, 0.2) is 0 Å². The predicted octanol–water partition coefficient (Wildman–Crippen LogP) is 5.89. The number of carbonyl (C=O) groups is 2. The molecule has 0 radical (unpaired) electrons. The largest absolute Gasteiger partial charge is 0.481 e. The summed E-state index contributed by atoms with van der Waals surface area (Å²) in [5.41, 5.74) is 0. The minimum Gasteiger partial charge on any atom is -0.481 e. The van der Waals surface area contributed by atoms with Crippen LogP contribution in [0.1, 0.15) is 104 Å². The van der Waals surface area contributed by atoms with Crippen molar-refractivity contribution in [2.75, 3.05) is 0 Å². The van der Waals surface area contributed by atoms with Crippen molar-refractivity contribution in [2.45, 2.75) is 104 Å². The molecule has 0 aromatic heterocycles. The van der Waals surface area contributed by atoms with Gasteiger partial charge in [-0.25, -0.2) is 0 Å². The van der Waals surface area contributed by atoms with Gasteiger partial charge in [-0.05, 0) is 18.8 Å². The predicted molar refractivity (Wildman–Crippen MR) is 95.8 cm³/mol. The molecule has 23 heavy (non-hydrogen) atoms. The van der Waals surface area contributed by atoms with Crippen LogP contribution in [0.25, 0.3) is 0 Å². The first-order valence-corrected chi connectivity index (χ1v) is 9.37. The van der Waals surface area contributed by atoms with Crippen LogP contribution in [0, 0.1) is 5.92 Å². The smallest absolute Gasteiger partial charge is 0.303 e. The van der Waals surface area contributed by atoms with E-state index in [0.29, 0.717) is 12.8 Å². The third-order valence-corrected chi connectivity index (χ3v) is 4.00. The lowest BCUT2D eigenvalue weighted by Crippen LogP contribution is -1.93. The van der Waals surface area contributed by atoms with Gasteiger partial charge in [0.15, 0.2) is 0 Å². The number of hydrogen-bond acceptors (Lipinski definition) is 2. The molecule has 0 aromatic rings. The normalized spacial score (nSPS) is 11.4. The van der Waals surface area contributed by atoms with Crippen molar-refractivity contribution in [2.24, 2.45) is 5.92 Å². The Morgan fingerprint density at radius 2 is 1.17 bits per heavy atom. The molecule has 0 rings (SSSR count). The SMILES string of the molecule is CCC(C)CCCCCCCCCCC(=O)O.CCCC(=O)O. The van der Waals surface area contributed by atoms with Gasteiger partial charge in [-0.3, -0.25) is 9.59 Å². The van der Waals surface area contributed by atoms with Crippen molar-refractivity contribution >= 4 is 11.9 Å². The van der Waals surface area contributed by atoms with Crippen molar-refractivity contribution in [1.82, 2.24) is 0 Å². The summed E-state index contributed by atoms with van der Waals surface area (Å²) >= 11 is 0. The van der Waals surface area contributed by atoms with E-state index in [0.717, 1.165) is 25.2 Å². The highest BCUT2D eigenvalue weighted by molar-refractivity contribution is 5.66. The molecule has 0 fully saturated rings. The number of unbranched alkanes of at least 4 members (excludes halogenated alkanes) is 7. The molecule has 0 heterocycles. The van der Waals surface area contributed by atoms with Crippen molar-refractivity contribution in [3.63, 3.8) is 0 Å². The van der Waals surface area contributed by atoms with Gasteiger partial charge in [-0.15, -0.1) is 0 Å². The quantitative estimate of drug-likeness (QED) is 0.389. The number of rotatable bonds is 14. The van der Waals surface area contributed by atoms with Crippen LogP contribution in [-0.4, -0.2) is 22.2 Å². The maximum atomic E-state index is 10.3. The molecule has 0 aliphatic heterocycles. The van der Waals surface area contributed by atoms with Gasteiger partial charge < -0.3 is 10.2 Å². The van der Waals surface area contributed by atoms with Crippen LogP contribution in [0.2, 0.25) is 0 Å². The number of aliphatic carboxylic acids is 2. The number of carboxylic acids is 2. The Hall–Kier alpha value is -1.06. The van der Waals surface area contributed by atoms with E-state index in [1.54, 1.807) is 0 Å². The fourth-order valence-corrected chi connectivity index (χ4v) is 2.25. The maximum absolute atomic E-state index is 10.3. The van der Waals surface area contributed by atoms with Crippen LogP contribution in [-0.2, 0) is 9.59 Å². The van der Waals surface area contributed by atoms with E-state index in [9.17, 15) is 9.59 Å². The van der Waals surface area contributed by atoms with Crippen LogP contribution in [0.5, 0.6) is 0 Å². The molecular formula is C19H38O4. The van der Waals surface area contributed by atoms with E-state index >= 15 is 0 Å². The molecule has 0 saturated heterocycles. The van der Waals surface area contributed by atoms with Gasteiger partial charge in [0.2, 0.25) is 0 Å². The van der Waals surface area contributed by atoms with Crippen LogP contribution in [0.3, 0.4) is 0 Å². The van der Waals surface area contributed by atoms with E-state index in [-0.39, 0.29) is 0 Å². The Morgan fingerprint density at radius 3 is 1.52 bits per heavy atom. The number of hydrogen-bond donors (Lipinski definition) is 2. The molecule has 0 amide bonds. The zero-order valence-corrected chi connectivity index (χ0v) is 15.5. The van der Waals surface area contributed by atoms with Gasteiger partial charge in [0, 0.05) is 12.8 Å². The highest BCUT2D eigenvalue weighted by Gasteiger charge is 1.99. The lowest BCUT2D eigenvalue weighted by Gasteiger charge is -2.07. The monoisotopic (exact) mass is 330 g/mol. The van der Waals surface area contributed by atoms with Gasteiger partial charge in [0.25, 0.3) is 0 Å². The van der Waals surface area contributed by atoms with Gasteiger partial charge >= 0.3 is 11.9 Å². The Labute approximate surface area is 142 Å². The average molecular weight is 331 g/mol.